The Hall–Kier alpha value is -2.75. The minimum Gasteiger partial charge on any atom is -0.304 e. The van der Waals surface area contributed by atoms with E-state index in [2.05, 4.69) is 16.8 Å². The van der Waals surface area contributed by atoms with Crippen LogP contribution in [0, 0.1) is 11.8 Å². The third-order valence-corrected chi connectivity index (χ3v) is 6.41. The van der Waals surface area contributed by atoms with Crippen molar-refractivity contribution < 1.29 is 19.6 Å². The van der Waals surface area contributed by atoms with Gasteiger partial charge in [0.25, 0.3) is 11.8 Å². The van der Waals surface area contributed by atoms with Gasteiger partial charge in [0.15, 0.2) is 0 Å². The molecule has 1 heterocycles. The Morgan fingerprint density at radius 2 is 1.65 bits per heavy atom. The minimum atomic E-state index is -1.07. The molecule has 0 bridgehead atoms. The van der Waals surface area contributed by atoms with Crippen molar-refractivity contribution in [1.29, 1.82) is 0 Å². The van der Waals surface area contributed by atoms with Crippen LogP contribution >= 0.6 is 0 Å². The molecule has 3 amide bonds. The zero-order valence-electron chi connectivity index (χ0n) is 23.1. The van der Waals surface area contributed by atoms with Gasteiger partial charge in [-0.1, -0.05) is 70.2 Å². The van der Waals surface area contributed by atoms with Crippen LogP contribution in [0.15, 0.2) is 36.4 Å². The SMILES string of the molecule is CC(C)CCC(=O)N([C@@H](CC=Cc1ccccc1)C(=O)NO)N(CC(C)C)C(=O)CN1CCN(C)CC1. The summed E-state index contributed by atoms with van der Waals surface area (Å²) in [5.74, 6) is -0.901. The average Bonchev–Trinajstić information content (AvgIpc) is 2.87. The van der Waals surface area contributed by atoms with E-state index in [1.807, 2.05) is 64.1 Å². The number of hydroxylamine groups is 1. The maximum Gasteiger partial charge on any atom is 0.268 e. The summed E-state index contributed by atoms with van der Waals surface area (Å²) in [6, 6.07) is 8.56. The van der Waals surface area contributed by atoms with Crippen molar-refractivity contribution in [1.82, 2.24) is 25.3 Å². The van der Waals surface area contributed by atoms with Crippen LogP contribution in [0.5, 0.6) is 0 Å². The molecule has 2 N–H and O–H groups in total. The number of hydrogen-bond acceptors (Lipinski definition) is 6. The second kappa shape index (κ2) is 15.5. The molecule has 1 atom stereocenters. The van der Waals surface area contributed by atoms with Gasteiger partial charge >= 0.3 is 0 Å². The Bertz CT molecular complexity index is 882. The van der Waals surface area contributed by atoms with Crippen LogP contribution in [-0.2, 0) is 14.4 Å². The third kappa shape index (κ3) is 10.3. The summed E-state index contributed by atoms with van der Waals surface area (Å²) in [5.41, 5.74) is 2.68. The zero-order valence-corrected chi connectivity index (χ0v) is 23.1. The van der Waals surface area contributed by atoms with E-state index in [1.165, 1.54) is 10.0 Å². The van der Waals surface area contributed by atoms with Crippen LogP contribution < -0.4 is 5.48 Å². The van der Waals surface area contributed by atoms with Gasteiger partial charge in [-0.15, -0.1) is 0 Å². The monoisotopic (exact) mass is 515 g/mol. The van der Waals surface area contributed by atoms with E-state index in [1.54, 1.807) is 11.6 Å². The number of nitrogens with one attached hydrogen (secondary N) is 1. The summed E-state index contributed by atoms with van der Waals surface area (Å²) in [5, 5.41) is 12.3. The Kier molecular flexibility index (Phi) is 12.8. The molecule has 0 saturated carbocycles. The number of piperazine rings is 1. The lowest BCUT2D eigenvalue weighted by Crippen LogP contribution is -2.61. The lowest BCUT2D eigenvalue weighted by Gasteiger charge is -2.41. The number of carbonyl (C=O) groups is 3. The minimum absolute atomic E-state index is 0.0644. The lowest BCUT2D eigenvalue weighted by molar-refractivity contribution is -0.176. The summed E-state index contributed by atoms with van der Waals surface area (Å²) < 4.78 is 0. The molecule has 9 nitrogen and oxygen atoms in total. The highest BCUT2D eigenvalue weighted by molar-refractivity contribution is 5.89. The highest BCUT2D eigenvalue weighted by atomic mass is 16.5. The highest BCUT2D eigenvalue weighted by Crippen LogP contribution is 2.19. The molecule has 1 fully saturated rings. The first-order chi connectivity index (χ1) is 17.6. The number of nitrogens with zero attached hydrogens (tertiary/aromatic N) is 4. The summed E-state index contributed by atoms with van der Waals surface area (Å²) >= 11 is 0. The van der Waals surface area contributed by atoms with Crippen LogP contribution in [0.25, 0.3) is 6.08 Å². The van der Waals surface area contributed by atoms with Crippen molar-refractivity contribution in [3.8, 4) is 0 Å². The fourth-order valence-electron chi connectivity index (χ4n) is 4.23. The number of benzene rings is 1. The van der Waals surface area contributed by atoms with Gasteiger partial charge in [-0.3, -0.25) is 24.5 Å². The number of rotatable bonds is 12. The van der Waals surface area contributed by atoms with Gasteiger partial charge in [0.05, 0.1) is 6.54 Å². The topological polar surface area (TPSA) is 96.4 Å². The highest BCUT2D eigenvalue weighted by Gasteiger charge is 2.37. The van der Waals surface area contributed by atoms with E-state index in [-0.39, 0.29) is 49.6 Å². The number of hydrazine groups is 1. The predicted octanol–water partition coefficient (Wildman–Crippen LogP) is 2.88. The summed E-state index contributed by atoms with van der Waals surface area (Å²) in [4.78, 5) is 44.6. The number of likely N-dealkylation sites (N-methyl/N-ethyl adjacent to an activating group) is 1. The first kappa shape index (κ1) is 30.5. The summed E-state index contributed by atoms with van der Waals surface area (Å²) in [6.45, 7) is 11.7. The van der Waals surface area contributed by atoms with Gasteiger partial charge in [-0.05, 0) is 37.3 Å². The summed E-state index contributed by atoms with van der Waals surface area (Å²) in [7, 11) is 2.06. The molecule has 1 aliphatic rings. The molecule has 1 aromatic rings. The van der Waals surface area contributed by atoms with Gasteiger partial charge in [0, 0.05) is 39.1 Å². The molecule has 0 unspecified atom stereocenters. The molecular weight excluding hydrogens is 470 g/mol. The molecule has 1 aliphatic heterocycles. The predicted molar refractivity (Wildman–Crippen MR) is 145 cm³/mol. The van der Waals surface area contributed by atoms with E-state index in [0.717, 1.165) is 31.7 Å². The standard InChI is InChI=1S/C28H45N5O4/c1-22(2)14-15-26(34)33(25(28(36)29-37)13-9-12-24-10-7-6-8-11-24)32(20-23(3)4)27(35)21-31-18-16-30(5)17-19-31/h6-12,22-23,25,37H,13-21H2,1-5H3,(H,29,36)/t25-/m0/s1. The molecule has 1 saturated heterocycles. The second-order valence-corrected chi connectivity index (χ2v) is 10.7. The van der Waals surface area contributed by atoms with Gasteiger partial charge in [0.1, 0.15) is 6.04 Å². The second-order valence-electron chi connectivity index (χ2n) is 10.7. The molecule has 0 aliphatic carbocycles. The Labute approximate surface area is 222 Å². The molecule has 0 spiro atoms. The van der Waals surface area contributed by atoms with E-state index < -0.39 is 11.9 Å². The van der Waals surface area contributed by atoms with E-state index >= 15 is 0 Å². The zero-order chi connectivity index (χ0) is 27.4. The molecule has 9 heteroatoms. The van der Waals surface area contributed by atoms with Crippen molar-refractivity contribution >= 4 is 23.8 Å². The van der Waals surface area contributed by atoms with E-state index in [0.29, 0.717) is 6.42 Å². The number of carbonyl (C=O) groups excluding carboxylic acids is 3. The summed E-state index contributed by atoms with van der Waals surface area (Å²) in [6.07, 6.45) is 4.64. The fourth-order valence-corrected chi connectivity index (χ4v) is 4.23. The largest absolute Gasteiger partial charge is 0.304 e. The van der Waals surface area contributed by atoms with Crippen molar-refractivity contribution in [2.24, 2.45) is 11.8 Å². The molecular formula is C28H45N5O4. The van der Waals surface area contributed by atoms with Gasteiger partial charge in [-0.25, -0.2) is 15.5 Å². The fraction of sp³-hybridized carbons (Fsp3) is 0.607. The van der Waals surface area contributed by atoms with Gasteiger partial charge in [0.2, 0.25) is 5.91 Å². The molecule has 0 aromatic heterocycles. The lowest BCUT2D eigenvalue weighted by atomic mass is 10.1. The van der Waals surface area contributed by atoms with Gasteiger partial charge in [-0.2, -0.15) is 0 Å². The molecule has 0 radical (unpaired) electrons. The third-order valence-electron chi connectivity index (χ3n) is 6.41. The molecule has 37 heavy (non-hydrogen) atoms. The molecule has 2 rings (SSSR count). The number of amides is 3. The van der Waals surface area contributed by atoms with Crippen molar-refractivity contribution in [3.63, 3.8) is 0 Å². The Morgan fingerprint density at radius 3 is 2.22 bits per heavy atom. The normalized spacial score (nSPS) is 15.8. The van der Waals surface area contributed by atoms with Crippen LogP contribution in [0.4, 0.5) is 0 Å². The maximum atomic E-state index is 13.7. The van der Waals surface area contributed by atoms with Crippen molar-refractivity contribution in [2.45, 2.75) is 53.0 Å². The first-order valence-electron chi connectivity index (χ1n) is 13.3. The van der Waals surface area contributed by atoms with Crippen molar-refractivity contribution in [3.05, 3.63) is 42.0 Å². The van der Waals surface area contributed by atoms with Crippen LogP contribution in [-0.4, -0.2) is 95.1 Å². The van der Waals surface area contributed by atoms with Gasteiger partial charge < -0.3 is 4.90 Å². The van der Waals surface area contributed by atoms with E-state index in [9.17, 15) is 19.6 Å². The van der Waals surface area contributed by atoms with Crippen LogP contribution in [0.3, 0.4) is 0 Å². The van der Waals surface area contributed by atoms with Crippen LogP contribution in [0.1, 0.15) is 52.5 Å². The molecule has 206 valence electrons. The Morgan fingerprint density at radius 1 is 1.00 bits per heavy atom. The van der Waals surface area contributed by atoms with Crippen molar-refractivity contribution in [2.75, 3.05) is 46.3 Å². The molecule has 1 aromatic carbocycles. The Balaban J connectivity index is 2.38. The average molecular weight is 516 g/mol. The quantitative estimate of drug-likeness (QED) is 0.328. The smallest absolute Gasteiger partial charge is 0.268 e. The van der Waals surface area contributed by atoms with Crippen LogP contribution in [0.2, 0.25) is 0 Å². The number of hydrogen-bond donors (Lipinski definition) is 2. The maximum absolute atomic E-state index is 13.7. The first-order valence-corrected chi connectivity index (χ1v) is 13.3. The van der Waals surface area contributed by atoms with E-state index in [4.69, 9.17) is 0 Å².